The standard InChI is InChI=1S/C12H12BFO5/c1-12(2)18-10-7(5-6-13(16)17)3-4-8(14)9(10)11(15)19-12/h3-6,16-17H,1-2H3. The van der Waals surface area contributed by atoms with Crippen molar-refractivity contribution in [1.82, 2.24) is 0 Å². The van der Waals surface area contributed by atoms with Gasteiger partial charge in [0.25, 0.3) is 0 Å². The Kier molecular flexibility index (Phi) is 3.34. The molecular formula is C12H12BFO5. The van der Waals surface area contributed by atoms with Crippen molar-refractivity contribution in [1.29, 1.82) is 0 Å². The van der Waals surface area contributed by atoms with Crippen molar-refractivity contribution >= 4 is 19.2 Å². The summed E-state index contributed by atoms with van der Waals surface area (Å²) in [6, 6.07) is 2.47. The maximum absolute atomic E-state index is 13.6. The number of hydrogen-bond donors (Lipinski definition) is 2. The monoisotopic (exact) mass is 266 g/mol. The third-order valence-corrected chi connectivity index (χ3v) is 2.48. The highest BCUT2D eigenvalue weighted by atomic mass is 19.1. The molecule has 100 valence electrons. The maximum atomic E-state index is 13.6. The summed E-state index contributed by atoms with van der Waals surface area (Å²) in [5.41, 5.74) is 0.0585. The first-order chi connectivity index (χ1) is 8.80. The van der Waals surface area contributed by atoms with Crippen molar-refractivity contribution in [3.8, 4) is 5.75 Å². The first kappa shape index (κ1) is 13.6. The van der Waals surface area contributed by atoms with Crippen LogP contribution in [-0.2, 0) is 4.74 Å². The SMILES string of the molecule is CC1(C)OC(=O)c2c(F)ccc(C=CB(O)O)c2O1. The Morgan fingerprint density at radius 2 is 2.00 bits per heavy atom. The van der Waals surface area contributed by atoms with Gasteiger partial charge in [0, 0.05) is 19.4 Å². The van der Waals surface area contributed by atoms with Crippen LogP contribution in [-0.4, -0.2) is 28.9 Å². The Hall–Kier alpha value is -1.86. The fourth-order valence-corrected chi connectivity index (χ4v) is 1.74. The zero-order chi connectivity index (χ0) is 14.2. The van der Waals surface area contributed by atoms with E-state index in [1.807, 2.05) is 0 Å². The van der Waals surface area contributed by atoms with Crippen molar-refractivity contribution in [3.63, 3.8) is 0 Å². The van der Waals surface area contributed by atoms with E-state index in [1.165, 1.54) is 26.0 Å². The van der Waals surface area contributed by atoms with Crippen LogP contribution in [0.25, 0.3) is 6.08 Å². The van der Waals surface area contributed by atoms with Gasteiger partial charge in [0.2, 0.25) is 5.79 Å². The molecule has 0 saturated heterocycles. The summed E-state index contributed by atoms with van der Waals surface area (Å²) in [7, 11) is -1.65. The van der Waals surface area contributed by atoms with Gasteiger partial charge in [-0.05, 0) is 12.1 Å². The van der Waals surface area contributed by atoms with Gasteiger partial charge in [0.1, 0.15) is 17.1 Å². The summed E-state index contributed by atoms with van der Waals surface area (Å²) in [6.45, 7) is 3.04. The molecule has 0 fully saturated rings. The fraction of sp³-hybridized carbons (Fsp3) is 0.250. The number of fused-ring (bicyclic) bond motifs is 1. The molecule has 1 heterocycles. The van der Waals surface area contributed by atoms with Gasteiger partial charge in [0.05, 0.1) is 0 Å². The van der Waals surface area contributed by atoms with Gasteiger partial charge in [-0.15, -0.1) is 0 Å². The minimum atomic E-state index is -1.65. The van der Waals surface area contributed by atoms with Crippen LogP contribution < -0.4 is 4.74 Å². The van der Waals surface area contributed by atoms with Crippen LogP contribution in [0.3, 0.4) is 0 Å². The van der Waals surface area contributed by atoms with Crippen molar-refractivity contribution in [3.05, 3.63) is 35.1 Å². The zero-order valence-corrected chi connectivity index (χ0v) is 10.4. The largest absolute Gasteiger partial charge is 0.480 e. The predicted molar refractivity (Wildman–Crippen MR) is 65.7 cm³/mol. The smallest absolute Gasteiger partial charge is 0.451 e. The predicted octanol–water partition coefficient (Wildman–Crippen LogP) is 1.14. The van der Waals surface area contributed by atoms with E-state index in [1.54, 1.807) is 0 Å². The van der Waals surface area contributed by atoms with Crippen LogP contribution in [0, 0.1) is 5.82 Å². The molecule has 1 aliphatic heterocycles. The number of esters is 1. The number of benzene rings is 1. The van der Waals surface area contributed by atoms with E-state index in [4.69, 9.17) is 19.5 Å². The molecule has 5 nitrogen and oxygen atoms in total. The van der Waals surface area contributed by atoms with Crippen LogP contribution in [0.5, 0.6) is 5.75 Å². The molecule has 0 radical (unpaired) electrons. The Morgan fingerprint density at radius 3 is 2.63 bits per heavy atom. The number of rotatable bonds is 2. The van der Waals surface area contributed by atoms with Crippen molar-refractivity contribution < 1.29 is 28.7 Å². The molecule has 0 unspecified atom stereocenters. The van der Waals surface area contributed by atoms with Gasteiger partial charge in [-0.1, -0.05) is 12.1 Å². The molecular weight excluding hydrogens is 254 g/mol. The molecule has 0 atom stereocenters. The van der Waals surface area contributed by atoms with E-state index in [0.717, 1.165) is 12.0 Å². The molecule has 2 rings (SSSR count). The minimum absolute atomic E-state index is 0.0261. The van der Waals surface area contributed by atoms with Crippen LogP contribution in [0.2, 0.25) is 0 Å². The molecule has 7 heteroatoms. The third kappa shape index (κ3) is 2.77. The summed E-state index contributed by atoms with van der Waals surface area (Å²) in [4.78, 5) is 11.7. The first-order valence-corrected chi connectivity index (χ1v) is 5.59. The van der Waals surface area contributed by atoms with Gasteiger partial charge in [-0.25, -0.2) is 9.18 Å². The number of halogens is 1. The van der Waals surface area contributed by atoms with Gasteiger partial charge in [-0.2, -0.15) is 0 Å². The van der Waals surface area contributed by atoms with E-state index in [2.05, 4.69) is 0 Å². The molecule has 1 aromatic rings. The molecule has 0 aliphatic carbocycles. The Balaban J connectivity index is 2.55. The van der Waals surface area contributed by atoms with E-state index >= 15 is 0 Å². The van der Waals surface area contributed by atoms with Gasteiger partial charge < -0.3 is 19.5 Å². The number of ether oxygens (including phenoxy) is 2. The fourth-order valence-electron chi connectivity index (χ4n) is 1.74. The molecule has 0 spiro atoms. The number of cyclic esters (lactones) is 1. The van der Waals surface area contributed by atoms with Crippen molar-refractivity contribution in [2.24, 2.45) is 0 Å². The second kappa shape index (κ2) is 4.67. The highest BCUT2D eigenvalue weighted by Crippen LogP contribution is 2.36. The van der Waals surface area contributed by atoms with Crippen molar-refractivity contribution in [2.75, 3.05) is 0 Å². The Labute approximate surface area is 109 Å². The average molecular weight is 266 g/mol. The summed E-state index contributed by atoms with van der Waals surface area (Å²) in [5.74, 6) is -1.68. The lowest BCUT2D eigenvalue weighted by Gasteiger charge is -2.32. The van der Waals surface area contributed by atoms with E-state index in [9.17, 15) is 9.18 Å². The molecule has 0 saturated carbocycles. The normalized spacial score (nSPS) is 16.8. The Bertz CT molecular complexity index is 553. The van der Waals surface area contributed by atoms with Crippen LogP contribution in [0.1, 0.15) is 29.8 Å². The second-order valence-electron chi connectivity index (χ2n) is 4.50. The summed E-state index contributed by atoms with van der Waals surface area (Å²) < 4.78 is 24.0. The quantitative estimate of drug-likeness (QED) is 0.620. The van der Waals surface area contributed by atoms with Gasteiger partial charge in [-0.3, -0.25) is 0 Å². The first-order valence-electron chi connectivity index (χ1n) is 5.59. The highest BCUT2D eigenvalue weighted by Gasteiger charge is 2.37. The molecule has 1 aromatic carbocycles. The molecule has 0 aromatic heterocycles. The van der Waals surface area contributed by atoms with E-state index < -0.39 is 24.7 Å². The molecule has 1 aliphatic rings. The lowest BCUT2D eigenvalue weighted by molar-refractivity contribution is -0.128. The van der Waals surface area contributed by atoms with Crippen molar-refractivity contribution in [2.45, 2.75) is 19.6 Å². The highest BCUT2D eigenvalue weighted by molar-refractivity contribution is 6.48. The number of carbonyl (C=O) groups excluding carboxylic acids is 1. The van der Waals surface area contributed by atoms with Gasteiger partial charge >= 0.3 is 13.1 Å². The number of carbonyl (C=O) groups is 1. The van der Waals surface area contributed by atoms with Crippen LogP contribution in [0.4, 0.5) is 4.39 Å². The summed E-state index contributed by atoms with van der Waals surface area (Å²) in [5, 5.41) is 17.6. The van der Waals surface area contributed by atoms with Crippen LogP contribution >= 0.6 is 0 Å². The third-order valence-electron chi connectivity index (χ3n) is 2.48. The number of hydrogen-bond acceptors (Lipinski definition) is 5. The molecule has 19 heavy (non-hydrogen) atoms. The summed E-state index contributed by atoms with van der Waals surface area (Å²) >= 11 is 0. The van der Waals surface area contributed by atoms with E-state index in [-0.39, 0.29) is 11.3 Å². The lowest BCUT2D eigenvalue weighted by Crippen LogP contribution is -2.39. The average Bonchev–Trinajstić information content (AvgIpc) is 2.25. The lowest BCUT2D eigenvalue weighted by atomic mass is 9.90. The minimum Gasteiger partial charge on any atom is -0.451 e. The summed E-state index contributed by atoms with van der Waals surface area (Å²) in [6.07, 6.45) is 1.33. The second-order valence-corrected chi connectivity index (χ2v) is 4.50. The van der Waals surface area contributed by atoms with Gasteiger partial charge in [0.15, 0.2) is 0 Å². The Morgan fingerprint density at radius 1 is 1.32 bits per heavy atom. The maximum Gasteiger partial charge on any atom is 0.480 e. The topological polar surface area (TPSA) is 76.0 Å². The molecule has 2 N–H and O–H groups in total. The molecule has 0 bridgehead atoms. The molecule has 0 amide bonds. The van der Waals surface area contributed by atoms with Crippen LogP contribution in [0.15, 0.2) is 18.1 Å². The zero-order valence-electron chi connectivity index (χ0n) is 10.4. The van der Waals surface area contributed by atoms with E-state index in [0.29, 0.717) is 5.56 Å².